The van der Waals surface area contributed by atoms with Crippen molar-refractivity contribution in [1.29, 1.82) is 0 Å². The third kappa shape index (κ3) is 4.37. The molecule has 19 heavy (non-hydrogen) atoms. The van der Waals surface area contributed by atoms with Gasteiger partial charge in [0.25, 0.3) is 11.8 Å². The van der Waals surface area contributed by atoms with Gasteiger partial charge in [-0.15, -0.1) is 0 Å². The predicted octanol–water partition coefficient (Wildman–Crippen LogP) is 2.82. The van der Waals surface area contributed by atoms with E-state index in [4.69, 9.17) is 9.26 Å². The molecule has 2 aromatic rings. The number of hydrogen-bond acceptors (Lipinski definition) is 5. The van der Waals surface area contributed by atoms with E-state index < -0.39 is 0 Å². The van der Waals surface area contributed by atoms with Crippen LogP contribution in [0.1, 0.15) is 13.8 Å². The number of nitrogens with one attached hydrogen (secondary N) is 1. The summed E-state index contributed by atoms with van der Waals surface area (Å²) in [5, 5.41) is 6.94. The molecule has 1 N–H and O–H groups in total. The van der Waals surface area contributed by atoms with Crippen LogP contribution >= 0.6 is 0 Å². The van der Waals surface area contributed by atoms with E-state index in [2.05, 4.69) is 29.3 Å². The molecule has 2 rings (SSSR count). The van der Waals surface area contributed by atoms with E-state index in [9.17, 15) is 0 Å². The van der Waals surface area contributed by atoms with Crippen LogP contribution in [0.3, 0.4) is 0 Å². The van der Waals surface area contributed by atoms with Gasteiger partial charge < -0.3 is 14.6 Å². The van der Waals surface area contributed by atoms with Gasteiger partial charge in [0.05, 0.1) is 6.61 Å². The quantitative estimate of drug-likeness (QED) is 0.777. The first-order valence-electron chi connectivity index (χ1n) is 6.46. The van der Waals surface area contributed by atoms with E-state index in [0.29, 0.717) is 30.9 Å². The molecule has 0 amide bonds. The highest BCUT2D eigenvalue weighted by Gasteiger charge is 2.07. The van der Waals surface area contributed by atoms with Crippen molar-refractivity contribution in [1.82, 2.24) is 10.1 Å². The van der Waals surface area contributed by atoms with Crippen LogP contribution in [0, 0.1) is 5.92 Å². The first-order chi connectivity index (χ1) is 9.25. The summed E-state index contributed by atoms with van der Waals surface area (Å²) in [7, 11) is 0. The van der Waals surface area contributed by atoms with Crippen molar-refractivity contribution in [2.45, 2.75) is 13.8 Å². The molecule has 0 bridgehead atoms. The molecule has 0 aliphatic rings. The van der Waals surface area contributed by atoms with Gasteiger partial charge in [-0.25, -0.2) is 0 Å². The lowest BCUT2D eigenvalue weighted by atomic mass is 10.2. The summed E-state index contributed by atoms with van der Waals surface area (Å²) in [4.78, 5) is 4.27. The molecule has 0 spiro atoms. The monoisotopic (exact) mass is 261 g/mol. The number of anilines is 1. The Hall–Kier alpha value is -1.88. The molecular formula is C14H19N3O2. The SMILES string of the molecule is CC(C)COCCNc1noc(-c2ccccc2)n1. The van der Waals surface area contributed by atoms with Gasteiger partial charge in [-0.05, 0) is 23.2 Å². The maximum absolute atomic E-state index is 5.46. The van der Waals surface area contributed by atoms with Gasteiger partial charge >= 0.3 is 0 Å². The molecule has 0 aliphatic carbocycles. The minimum atomic E-state index is 0.493. The summed E-state index contributed by atoms with van der Waals surface area (Å²) < 4.78 is 10.6. The molecule has 1 aromatic heterocycles. The lowest BCUT2D eigenvalue weighted by molar-refractivity contribution is 0.118. The molecule has 1 aromatic carbocycles. The van der Waals surface area contributed by atoms with Gasteiger partial charge in [0.15, 0.2) is 0 Å². The van der Waals surface area contributed by atoms with Crippen molar-refractivity contribution < 1.29 is 9.26 Å². The van der Waals surface area contributed by atoms with Gasteiger partial charge in [-0.2, -0.15) is 4.98 Å². The number of hydrogen-bond donors (Lipinski definition) is 1. The fraction of sp³-hybridized carbons (Fsp3) is 0.429. The van der Waals surface area contributed by atoms with Crippen molar-refractivity contribution in [2.24, 2.45) is 5.92 Å². The summed E-state index contributed by atoms with van der Waals surface area (Å²) in [5.41, 5.74) is 0.916. The molecule has 0 saturated heterocycles. The zero-order valence-corrected chi connectivity index (χ0v) is 11.3. The van der Waals surface area contributed by atoms with Gasteiger partial charge in [0, 0.05) is 18.7 Å². The molecule has 0 fully saturated rings. The largest absolute Gasteiger partial charge is 0.379 e. The third-order valence-corrected chi connectivity index (χ3v) is 2.43. The predicted molar refractivity (Wildman–Crippen MR) is 73.9 cm³/mol. The summed E-state index contributed by atoms with van der Waals surface area (Å²) in [6.07, 6.45) is 0. The molecule has 0 unspecified atom stereocenters. The number of benzene rings is 1. The molecule has 5 heteroatoms. The van der Waals surface area contributed by atoms with Gasteiger partial charge in [-0.3, -0.25) is 0 Å². The van der Waals surface area contributed by atoms with E-state index in [0.717, 1.165) is 12.2 Å². The Morgan fingerprint density at radius 1 is 1.26 bits per heavy atom. The molecule has 5 nitrogen and oxygen atoms in total. The lowest BCUT2D eigenvalue weighted by Gasteiger charge is -2.06. The second-order valence-corrected chi connectivity index (χ2v) is 4.68. The van der Waals surface area contributed by atoms with E-state index >= 15 is 0 Å². The van der Waals surface area contributed by atoms with Gasteiger partial charge in [0.2, 0.25) is 0 Å². The zero-order chi connectivity index (χ0) is 13.5. The molecule has 0 aliphatic heterocycles. The van der Waals surface area contributed by atoms with Crippen LogP contribution in [0.2, 0.25) is 0 Å². The summed E-state index contributed by atoms with van der Waals surface area (Å²) in [5.74, 6) is 1.56. The van der Waals surface area contributed by atoms with Crippen LogP contribution in [-0.2, 0) is 4.74 Å². The summed E-state index contributed by atoms with van der Waals surface area (Å²) >= 11 is 0. The van der Waals surface area contributed by atoms with Crippen molar-refractivity contribution in [3.05, 3.63) is 30.3 Å². The van der Waals surface area contributed by atoms with E-state index in [1.807, 2.05) is 30.3 Å². The topological polar surface area (TPSA) is 60.2 Å². The van der Waals surface area contributed by atoms with E-state index in [-0.39, 0.29) is 0 Å². The van der Waals surface area contributed by atoms with Crippen molar-refractivity contribution in [3.8, 4) is 11.5 Å². The maximum Gasteiger partial charge on any atom is 0.263 e. The van der Waals surface area contributed by atoms with Crippen molar-refractivity contribution >= 4 is 5.95 Å². The first-order valence-corrected chi connectivity index (χ1v) is 6.46. The van der Waals surface area contributed by atoms with Gasteiger partial charge in [0.1, 0.15) is 0 Å². The third-order valence-electron chi connectivity index (χ3n) is 2.43. The molecule has 102 valence electrons. The Morgan fingerprint density at radius 3 is 2.79 bits per heavy atom. The minimum absolute atomic E-state index is 0.493. The first kappa shape index (κ1) is 13.5. The van der Waals surface area contributed by atoms with E-state index in [1.165, 1.54) is 0 Å². The van der Waals surface area contributed by atoms with Crippen molar-refractivity contribution in [2.75, 3.05) is 25.1 Å². The molecule has 0 atom stereocenters. The summed E-state index contributed by atoms with van der Waals surface area (Å²) in [6, 6.07) is 9.69. The highest BCUT2D eigenvalue weighted by molar-refractivity contribution is 5.53. The van der Waals surface area contributed by atoms with E-state index in [1.54, 1.807) is 0 Å². The molecule has 1 heterocycles. The average molecular weight is 261 g/mol. The Balaban J connectivity index is 1.78. The lowest BCUT2D eigenvalue weighted by Crippen LogP contribution is -2.12. The van der Waals surface area contributed by atoms with Crippen LogP contribution in [0.15, 0.2) is 34.9 Å². The fourth-order valence-corrected chi connectivity index (χ4v) is 1.55. The number of rotatable bonds is 7. The highest BCUT2D eigenvalue weighted by Crippen LogP contribution is 2.17. The Bertz CT molecular complexity index is 482. The standard InChI is InChI=1S/C14H19N3O2/c1-11(2)10-18-9-8-15-14-16-13(19-17-14)12-6-4-3-5-7-12/h3-7,11H,8-10H2,1-2H3,(H,15,17). The van der Waals surface area contributed by atoms with Crippen LogP contribution in [0.4, 0.5) is 5.95 Å². The van der Waals surface area contributed by atoms with Gasteiger partial charge in [-0.1, -0.05) is 32.0 Å². The summed E-state index contributed by atoms with van der Waals surface area (Å²) in [6.45, 7) is 6.31. The molecule has 0 saturated carbocycles. The average Bonchev–Trinajstić information content (AvgIpc) is 2.88. The maximum atomic E-state index is 5.46. The van der Waals surface area contributed by atoms with Crippen LogP contribution in [0.25, 0.3) is 11.5 Å². The minimum Gasteiger partial charge on any atom is -0.379 e. The Kier molecular flexibility index (Phi) is 4.92. The van der Waals surface area contributed by atoms with Crippen LogP contribution in [0.5, 0.6) is 0 Å². The Morgan fingerprint density at radius 2 is 2.05 bits per heavy atom. The second-order valence-electron chi connectivity index (χ2n) is 4.68. The number of nitrogens with zero attached hydrogens (tertiary/aromatic N) is 2. The smallest absolute Gasteiger partial charge is 0.263 e. The van der Waals surface area contributed by atoms with Crippen LogP contribution in [-0.4, -0.2) is 29.9 Å². The molecular weight excluding hydrogens is 242 g/mol. The van der Waals surface area contributed by atoms with Crippen molar-refractivity contribution in [3.63, 3.8) is 0 Å². The zero-order valence-electron chi connectivity index (χ0n) is 11.3. The Labute approximate surface area is 113 Å². The number of aromatic nitrogens is 2. The number of ether oxygens (including phenoxy) is 1. The van der Waals surface area contributed by atoms with Crippen LogP contribution < -0.4 is 5.32 Å². The highest BCUT2D eigenvalue weighted by atomic mass is 16.5. The fourth-order valence-electron chi connectivity index (χ4n) is 1.55. The second kappa shape index (κ2) is 6.89. The molecule has 0 radical (unpaired) electrons. The normalized spacial score (nSPS) is 10.9.